The third-order valence-electron chi connectivity index (χ3n) is 2.41. The van der Waals surface area contributed by atoms with E-state index in [1.165, 1.54) is 0 Å². The number of nitrogens with two attached hydrogens (primary N) is 1. The quantitative estimate of drug-likeness (QED) is 0.751. The topological polar surface area (TPSA) is 59.4 Å². The van der Waals surface area contributed by atoms with Gasteiger partial charge >= 0.3 is 0 Å². The van der Waals surface area contributed by atoms with Crippen molar-refractivity contribution in [2.75, 3.05) is 12.3 Å². The number of rotatable bonds is 3. The van der Waals surface area contributed by atoms with Crippen LogP contribution in [0.2, 0.25) is 0 Å². The van der Waals surface area contributed by atoms with Crippen LogP contribution in [0.25, 0.3) is 11.1 Å². The maximum absolute atomic E-state index is 8.89. The zero-order valence-corrected chi connectivity index (χ0v) is 8.31. The van der Waals surface area contributed by atoms with Crippen molar-refractivity contribution < 1.29 is 9.52 Å². The van der Waals surface area contributed by atoms with E-state index in [4.69, 9.17) is 15.3 Å². The molecule has 2 rings (SSSR count). The molecule has 0 unspecified atom stereocenters. The molecular weight excluding hydrogens is 190 g/mol. The van der Waals surface area contributed by atoms with Crippen LogP contribution in [0.15, 0.2) is 41.2 Å². The Morgan fingerprint density at radius 2 is 2.13 bits per heavy atom. The lowest BCUT2D eigenvalue weighted by molar-refractivity contribution is 0.300. The zero-order valence-electron chi connectivity index (χ0n) is 8.31. The molecule has 3 heteroatoms. The van der Waals surface area contributed by atoms with E-state index < -0.39 is 0 Å². The van der Waals surface area contributed by atoms with Gasteiger partial charge in [-0.3, -0.25) is 0 Å². The highest BCUT2D eigenvalue weighted by atomic mass is 16.3. The second-order valence-corrected chi connectivity index (χ2v) is 3.36. The molecule has 2 aromatic rings. The third kappa shape index (κ3) is 1.87. The molecule has 1 heterocycles. The molecule has 1 aromatic heterocycles. The van der Waals surface area contributed by atoms with E-state index >= 15 is 0 Å². The minimum absolute atomic E-state index is 0.110. The predicted octanol–water partition coefficient (Wildman–Crippen LogP) is 2.06. The van der Waals surface area contributed by atoms with Gasteiger partial charge in [0.15, 0.2) is 0 Å². The molecule has 3 nitrogen and oxygen atoms in total. The molecule has 0 bridgehead atoms. The van der Waals surface area contributed by atoms with Crippen LogP contribution in [-0.4, -0.2) is 11.7 Å². The summed E-state index contributed by atoms with van der Waals surface area (Å²) in [4.78, 5) is 0. The smallest absolute Gasteiger partial charge is 0.0981 e. The Kier molecular flexibility index (Phi) is 2.74. The Morgan fingerprint density at radius 3 is 2.80 bits per heavy atom. The highest BCUT2D eigenvalue weighted by Crippen LogP contribution is 2.28. The van der Waals surface area contributed by atoms with E-state index in [0.717, 1.165) is 16.7 Å². The molecule has 0 atom stereocenters. The molecule has 0 fully saturated rings. The van der Waals surface area contributed by atoms with Crippen molar-refractivity contribution in [1.29, 1.82) is 0 Å². The third-order valence-corrected chi connectivity index (χ3v) is 2.41. The first kappa shape index (κ1) is 9.80. The summed E-state index contributed by atoms with van der Waals surface area (Å²) in [6.07, 6.45) is 3.86. The van der Waals surface area contributed by atoms with Crippen molar-refractivity contribution in [3.05, 3.63) is 42.4 Å². The van der Waals surface area contributed by atoms with Crippen LogP contribution < -0.4 is 5.73 Å². The second-order valence-electron chi connectivity index (χ2n) is 3.36. The van der Waals surface area contributed by atoms with Crippen LogP contribution in [-0.2, 0) is 6.42 Å². The number of aliphatic hydroxyl groups excluding tert-OH is 1. The normalized spacial score (nSPS) is 10.5. The summed E-state index contributed by atoms with van der Waals surface area (Å²) in [5.41, 5.74) is 9.61. The molecule has 0 spiro atoms. The summed E-state index contributed by atoms with van der Waals surface area (Å²) < 4.78 is 5.02. The van der Waals surface area contributed by atoms with Gasteiger partial charge in [-0.05, 0) is 18.1 Å². The lowest BCUT2D eigenvalue weighted by Crippen LogP contribution is -1.99. The predicted molar refractivity (Wildman–Crippen MR) is 59.3 cm³/mol. The van der Waals surface area contributed by atoms with Crippen molar-refractivity contribution in [3.63, 3.8) is 0 Å². The summed E-state index contributed by atoms with van der Waals surface area (Å²) in [6.45, 7) is 0.110. The van der Waals surface area contributed by atoms with E-state index in [1.807, 2.05) is 24.3 Å². The lowest BCUT2D eigenvalue weighted by Gasteiger charge is -2.08. The van der Waals surface area contributed by atoms with Crippen molar-refractivity contribution in [2.45, 2.75) is 6.42 Å². The van der Waals surface area contributed by atoms with Crippen molar-refractivity contribution in [1.82, 2.24) is 0 Å². The van der Waals surface area contributed by atoms with Crippen LogP contribution >= 0.6 is 0 Å². The number of aliphatic hydroxyl groups is 1. The van der Waals surface area contributed by atoms with Crippen molar-refractivity contribution in [3.8, 4) is 11.1 Å². The Morgan fingerprint density at radius 1 is 1.27 bits per heavy atom. The monoisotopic (exact) mass is 203 g/mol. The highest BCUT2D eigenvalue weighted by molar-refractivity contribution is 5.77. The largest absolute Gasteiger partial charge is 0.472 e. The van der Waals surface area contributed by atoms with E-state index in [0.29, 0.717) is 12.1 Å². The summed E-state index contributed by atoms with van der Waals surface area (Å²) in [5.74, 6) is 0. The van der Waals surface area contributed by atoms with Crippen molar-refractivity contribution in [2.24, 2.45) is 0 Å². The molecule has 15 heavy (non-hydrogen) atoms. The maximum Gasteiger partial charge on any atom is 0.0981 e. The average molecular weight is 203 g/mol. The van der Waals surface area contributed by atoms with E-state index in [2.05, 4.69) is 0 Å². The first-order chi connectivity index (χ1) is 7.33. The van der Waals surface area contributed by atoms with E-state index in [1.54, 1.807) is 12.5 Å². The Hall–Kier alpha value is -1.74. The van der Waals surface area contributed by atoms with Gasteiger partial charge in [0.25, 0.3) is 0 Å². The Bertz CT molecular complexity index is 435. The molecule has 0 aliphatic rings. The Labute approximate surface area is 88.1 Å². The number of anilines is 1. The molecule has 3 N–H and O–H groups in total. The summed E-state index contributed by atoms with van der Waals surface area (Å²) in [7, 11) is 0. The minimum atomic E-state index is 0.110. The number of para-hydroxylation sites is 1. The van der Waals surface area contributed by atoms with Crippen LogP contribution in [0.1, 0.15) is 5.56 Å². The van der Waals surface area contributed by atoms with Gasteiger partial charge in [0.1, 0.15) is 0 Å². The van der Waals surface area contributed by atoms with Crippen molar-refractivity contribution >= 4 is 5.69 Å². The molecule has 1 aromatic carbocycles. The number of hydrogen-bond donors (Lipinski definition) is 2. The van der Waals surface area contributed by atoms with Gasteiger partial charge in [0.2, 0.25) is 0 Å². The molecule has 0 saturated carbocycles. The van der Waals surface area contributed by atoms with Gasteiger partial charge < -0.3 is 15.3 Å². The van der Waals surface area contributed by atoms with Crippen LogP contribution in [0.5, 0.6) is 0 Å². The fraction of sp³-hybridized carbons (Fsp3) is 0.167. The fourth-order valence-electron chi connectivity index (χ4n) is 1.62. The SMILES string of the molecule is Nc1c(CCO)cccc1-c1ccoc1. The van der Waals surface area contributed by atoms with E-state index in [9.17, 15) is 0 Å². The number of hydrogen-bond acceptors (Lipinski definition) is 3. The summed E-state index contributed by atoms with van der Waals surface area (Å²) in [6, 6.07) is 7.67. The van der Waals surface area contributed by atoms with Gasteiger partial charge in [0, 0.05) is 23.4 Å². The van der Waals surface area contributed by atoms with Crippen LogP contribution in [0.4, 0.5) is 5.69 Å². The van der Waals surface area contributed by atoms with Gasteiger partial charge in [-0.15, -0.1) is 0 Å². The van der Waals surface area contributed by atoms with Gasteiger partial charge in [-0.1, -0.05) is 18.2 Å². The zero-order chi connectivity index (χ0) is 10.7. The van der Waals surface area contributed by atoms with Gasteiger partial charge in [-0.25, -0.2) is 0 Å². The summed E-state index contributed by atoms with van der Waals surface area (Å²) >= 11 is 0. The second kappa shape index (κ2) is 4.19. The molecule has 0 aliphatic heterocycles. The standard InChI is InChI=1S/C12H13NO2/c13-12-9(4-6-14)2-1-3-11(12)10-5-7-15-8-10/h1-3,5,7-8,14H,4,6,13H2. The highest BCUT2D eigenvalue weighted by Gasteiger charge is 2.07. The molecule has 0 amide bonds. The molecule has 0 aliphatic carbocycles. The first-order valence-corrected chi connectivity index (χ1v) is 4.83. The van der Waals surface area contributed by atoms with Gasteiger partial charge in [-0.2, -0.15) is 0 Å². The molecule has 78 valence electrons. The summed E-state index contributed by atoms with van der Waals surface area (Å²) in [5, 5.41) is 8.89. The van der Waals surface area contributed by atoms with Crippen LogP contribution in [0, 0.1) is 0 Å². The molecule has 0 radical (unpaired) electrons. The number of benzene rings is 1. The number of nitrogen functional groups attached to an aromatic ring is 1. The fourth-order valence-corrected chi connectivity index (χ4v) is 1.62. The number of furan rings is 1. The maximum atomic E-state index is 8.89. The van der Waals surface area contributed by atoms with Crippen LogP contribution in [0.3, 0.4) is 0 Å². The minimum Gasteiger partial charge on any atom is -0.472 e. The molecule has 0 saturated heterocycles. The van der Waals surface area contributed by atoms with Gasteiger partial charge in [0.05, 0.1) is 12.5 Å². The lowest BCUT2D eigenvalue weighted by atomic mass is 10.0. The first-order valence-electron chi connectivity index (χ1n) is 4.83. The van der Waals surface area contributed by atoms with E-state index in [-0.39, 0.29) is 6.61 Å². The Balaban J connectivity index is 2.45. The average Bonchev–Trinajstić information content (AvgIpc) is 2.74. The molecular formula is C12H13NO2.